The van der Waals surface area contributed by atoms with Crippen LogP contribution in [-0.2, 0) is 4.79 Å². The molecule has 0 spiro atoms. The van der Waals surface area contributed by atoms with Gasteiger partial charge in [-0.2, -0.15) is 0 Å². The van der Waals surface area contributed by atoms with E-state index in [-0.39, 0.29) is 16.8 Å². The minimum Gasteiger partial charge on any atom is -0.478 e. The van der Waals surface area contributed by atoms with Crippen LogP contribution in [0.25, 0.3) is 11.6 Å². The minimum atomic E-state index is -1.26. The van der Waals surface area contributed by atoms with E-state index >= 15 is 0 Å². The summed E-state index contributed by atoms with van der Waals surface area (Å²) in [5.74, 6) is -1.26. The summed E-state index contributed by atoms with van der Waals surface area (Å²) in [6.45, 7) is 0. The second kappa shape index (κ2) is 6.19. The number of nitro groups is 1. The number of nitrogens with zero attached hydrogens (tertiary/aromatic N) is 1. The van der Waals surface area contributed by atoms with Crippen LogP contribution in [0.3, 0.4) is 0 Å². The van der Waals surface area contributed by atoms with Gasteiger partial charge in [0, 0.05) is 11.1 Å². The van der Waals surface area contributed by atoms with Crippen LogP contribution in [0.2, 0.25) is 5.02 Å². The molecule has 21 heavy (non-hydrogen) atoms. The summed E-state index contributed by atoms with van der Waals surface area (Å²) in [6.07, 6.45) is 1.33. The van der Waals surface area contributed by atoms with Crippen molar-refractivity contribution < 1.29 is 14.8 Å². The molecule has 6 heteroatoms. The van der Waals surface area contributed by atoms with Gasteiger partial charge in [-0.1, -0.05) is 41.9 Å². The van der Waals surface area contributed by atoms with Crippen molar-refractivity contribution in [2.75, 3.05) is 0 Å². The number of benzene rings is 2. The monoisotopic (exact) mass is 303 g/mol. The summed E-state index contributed by atoms with van der Waals surface area (Å²) in [7, 11) is 0. The van der Waals surface area contributed by atoms with Crippen LogP contribution < -0.4 is 0 Å². The number of rotatable bonds is 4. The van der Waals surface area contributed by atoms with E-state index in [1.807, 2.05) is 0 Å². The summed E-state index contributed by atoms with van der Waals surface area (Å²) >= 11 is 5.99. The molecule has 0 unspecified atom stereocenters. The van der Waals surface area contributed by atoms with E-state index in [0.29, 0.717) is 10.6 Å². The van der Waals surface area contributed by atoms with Crippen molar-refractivity contribution in [1.82, 2.24) is 0 Å². The Balaban J connectivity index is 2.64. The highest BCUT2D eigenvalue weighted by molar-refractivity contribution is 6.33. The average Bonchev–Trinajstić information content (AvgIpc) is 2.46. The topological polar surface area (TPSA) is 80.4 Å². The maximum absolute atomic E-state index is 11.5. The molecule has 0 heterocycles. The van der Waals surface area contributed by atoms with E-state index in [0.717, 1.165) is 0 Å². The van der Waals surface area contributed by atoms with Crippen LogP contribution in [0.5, 0.6) is 0 Å². The summed E-state index contributed by atoms with van der Waals surface area (Å²) in [4.78, 5) is 21.9. The number of halogens is 1. The molecule has 0 aliphatic carbocycles. The summed E-state index contributed by atoms with van der Waals surface area (Å²) in [5, 5.41) is 20.7. The molecule has 0 atom stereocenters. The van der Waals surface area contributed by atoms with Gasteiger partial charge in [0.05, 0.1) is 16.1 Å². The lowest BCUT2D eigenvalue weighted by Gasteiger charge is -2.05. The van der Waals surface area contributed by atoms with Gasteiger partial charge < -0.3 is 5.11 Å². The Morgan fingerprint density at radius 1 is 1.14 bits per heavy atom. The fourth-order valence-electron chi connectivity index (χ4n) is 1.86. The summed E-state index contributed by atoms with van der Waals surface area (Å²) in [6, 6.07) is 12.4. The summed E-state index contributed by atoms with van der Waals surface area (Å²) < 4.78 is 0. The highest BCUT2D eigenvalue weighted by atomic mass is 35.5. The second-order valence-corrected chi connectivity index (χ2v) is 4.57. The van der Waals surface area contributed by atoms with Crippen molar-refractivity contribution in [1.29, 1.82) is 0 Å². The molecule has 5 nitrogen and oxygen atoms in total. The fraction of sp³-hybridized carbons (Fsp3) is 0. The van der Waals surface area contributed by atoms with Gasteiger partial charge in [0.25, 0.3) is 5.69 Å². The zero-order valence-corrected chi connectivity index (χ0v) is 11.4. The molecular weight excluding hydrogens is 294 g/mol. The first-order valence-corrected chi connectivity index (χ1v) is 6.32. The molecule has 0 saturated heterocycles. The van der Waals surface area contributed by atoms with Gasteiger partial charge in [-0.15, -0.1) is 0 Å². The molecule has 106 valence electrons. The van der Waals surface area contributed by atoms with Gasteiger partial charge in [-0.05, 0) is 23.8 Å². The Bertz CT molecular complexity index is 740. The van der Waals surface area contributed by atoms with E-state index in [1.165, 1.54) is 24.3 Å². The maximum atomic E-state index is 11.5. The number of para-hydroxylation sites is 1. The van der Waals surface area contributed by atoms with Gasteiger partial charge in [0.15, 0.2) is 0 Å². The second-order valence-electron chi connectivity index (χ2n) is 4.16. The Kier molecular flexibility index (Phi) is 4.35. The van der Waals surface area contributed by atoms with Gasteiger partial charge >= 0.3 is 5.97 Å². The number of hydrogen-bond donors (Lipinski definition) is 1. The zero-order chi connectivity index (χ0) is 15.4. The molecule has 1 N–H and O–H groups in total. The predicted molar refractivity (Wildman–Crippen MR) is 80.1 cm³/mol. The van der Waals surface area contributed by atoms with E-state index < -0.39 is 10.9 Å². The lowest BCUT2D eigenvalue weighted by atomic mass is 10.0. The number of hydrogen-bond acceptors (Lipinski definition) is 3. The van der Waals surface area contributed by atoms with Crippen molar-refractivity contribution in [3.8, 4) is 0 Å². The predicted octanol–water partition coefficient (Wildman–Crippen LogP) is 3.87. The molecule has 2 aromatic rings. The normalized spacial score (nSPS) is 11.2. The number of carboxylic acid groups (broad SMARTS) is 1. The third kappa shape index (κ3) is 3.27. The molecule has 2 rings (SSSR count). The third-order valence-electron chi connectivity index (χ3n) is 2.83. The Labute approximate surface area is 125 Å². The van der Waals surface area contributed by atoms with Crippen LogP contribution in [0, 0.1) is 10.1 Å². The third-order valence-corrected chi connectivity index (χ3v) is 3.17. The molecule has 0 aliphatic rings. The highest BCUT2D eigenvalue weighted by Gasteiger charge is 2.21. The number of nitro benzene ring substituents is 1. The molecule has 0 amide bonds. The molecule has 0 aromatic heterocycles. The molecule has 2 aromatic carbocycles. The van der Waals surface area contributed by atoms with Crippen molar-refractivity contribution >= 4 is 34.9 Å². The average molecular weight is 304 g/mol. The van der Waals surface area contributed by atoms with Crippen molar-refractivity contribution in [2.24, 2.45) is 0 Å². The first-order chi connectivity index (χ1) is 10.0. The van der Waals surface area contributed by atoms with Crippen molar-refractivity contribution in [2.45, 2.75) is 0 Å². The van der Waals surface area contributed by atoms with Crippen LogP contribution in [0.15, 0.2) is 48.5 Å². The van der Waals surface area contributed by atoms with E-state index in [9.17, 15) is 20.0 Å². The number of aliphatic carboxylic acids is 1. The van der Waals surface area contributed by atoms with Gasteiger partial charge in [0.1, 0.15) is 0 Å². The molecule has 0 fully saturated rings. The van der Waals surface area contributed by atoms with Gasteiger partial charge in [-0.25, -0.2) is 4.79 Å². The molecule has 0 bridgehead atoms. The number of carboxylic acids is 1. The fourth-order valence-corrected chi connectivity index (χ4v) is 2.05. The maximum Gasteiger partial charge on any atom is 0.336 e. The van der Waals surface area contributed by atoms with E-state index in [1.54, 1.807) is 30.3 Å². The number of carbonyl (C=O) groups is 1. The molecule has 0 saturated carbocycles. The zero-order valence-electron chi connectivity index (χ0n) is 10.7. The van der Waals surface area contributed by atoms with Crippen molar-refractivity contribution in [3.05, 3.63) is 74.8 Å². The lowest BCUT2D eigenvalue weighted by molar-refractivity contribution is -0.385. The Hall–Kier alpha value is -2.66. The first-order valence-electron chi connectivity index (χ1n) is 5.94. The van der Waals surface area contributed by atoms with Crippen LogP contribution in [0.1, 0.15) is 11.1 Å². The lowest BCUT2D eigenvalue weighted by Crippen LogP contribution is -2.03. The van der Waals surface area contributed by atoms with E-state index in [2.05, 4.69) is 0 Å². The van der Waals surface area contributed by atoms with Crippen LogP contribution in [0.4, 0.5) is 5.69 Å². The largest absolute Gasteiger partial charge is 0.478 e. The summed E-state index contributed by atoms with van der Waals surface area (Å²) in [5.41, 5.74) is 0.0678. The molecule has 0 aliphatic heterocycles. The smallest absolute Gasteiger partial charge is 0.336 e. The molecular formula is C15H10ClNO4. The van der Waals surface area contributed by atoms with E-state index in [4.69, 9.17) is 11.6 Å². The highest BCUT2D eigenvalue weighted by Crippen LogP contribution is 2.29. The van der Waals surface area contributed by atoms with Crippen LogP contribution >= 0.6 is 11.6 Å². The first kappa shape index (κ1) is 14.7. The Morgan fingerprint density at radius 2 is 1.76 bits per heavy atom. The Morgan fingerprint density at radius 3 is 2.38 bits per heavy atom. The minimum absolute atomic E-state index is 0.0370. The van der Waals surface area contributed by atoms with Gasteiger partial charge in [0.2, 0.25) is 0 Å². The molecule has 0 radical (unpaired) electrons. The standard InChI is InChI=1S/C15H10ClNO4/c16-13-7-3-1-5-10(13)9-12(15(18)19)11-6-2-4-8-14(11)17(20)21/h1-9H,(H,18,19)/b12-9+. The SMILES string of the molecule is O=C(O)/C(=C/c1ccccc1Cl)c1ccccc1[N+](=O)[O-]. The van der Waals surface area contributed by atoms with Crippen molar-refractivity contribution in [3.63, 3.8) is 0 Å². The quantitative estimate of drug-likeness (QED) is 0.402. The van der Waals surface area contributed by atoms with Gasteiger partial charge in [-0.3, -0.25) is 10.1 Å². The van der Waals surface area contributed by atoms with Crippen LogP contribution in [-0.4, -0.2) is 16.0 Å².